The minimum Gasteiger partial charge on any atom is -0.485 e. The van der Waals surface area contributed by atoms with Gasteiger partial charge in [0.2, 0.25) is 0 Å². The minimum absolute atomic E-state index is 0.101. The molecule has 0 bridgehead atoms. The zero-order chi connectivity index (χ0) is 21.4. The largest absolute Gasteiger partial charge is 0.485 e. The second kappa shape index (κ2) is 6.44. The van der Waals surface area contributed by atoms with Crippen LogP contribution in [0.1, 0.15) is 53.4 Å². The minimum atomic E-state index is -1.89. The summed E-state index contributed by atoms with van der Waals surface area (Å²) in [6.45, 7) is 7.86. The van der Waals surface area contributed by atoms with Crippen molar-refractivity contribution < 1.29 is 24.1 Å². The fourth-order valence-electron chi connectivity index (χ4n) is 7.22. The number of aliphatic hydroxyl groups is 2. The average molecular weight is 423 g/mol. The summed E-state index contributed by atoms with van der Waals surface area (Å²) in [7, 11) is 0. The number of carbonyl (C=O) groups excluding carboxylic acids is 1. The molecule has 0 aromatic heterocycles. The maximum absolute atomic E-state index is 17.0. The topological polar surface area (TPSA) is 66.8 Å². The van der Waals surface area contributed by atoms with Crippen LogP contribution >= 0.6 is 12.2 Å². The summed E-state index contributed by atoms with van der Waals surface area (Å²) in [5.41, 5.74) is -4.31. The number of hydrogen-bond donors (Lipinski definition) is 2. The van der Waals surface area contributed by atoms with Crippen LogP contribution in [0.4, 0.5) is 4.39 Å². The first-order chi connectivity index (χ1) is 13.5. The van der Waals surface area contributed by atoms with Gasteiger partial charge in [-0.05, 0) is 75.7 Å². The molecule has 0 unspecified atom stereocenters. The molecule has 160 valence electrons. The zero-order valence-corrected chi connectivity index (χ0v) is 18.4. The standard InChI is InChI=1S/C23H31FO4S/c1-5-28-19(29)23(27)13(2)10-17-16-7-6-14-11-15(25)8-9-20(14,3)22(16,24)18(26)12-21(17,23)4/h8-9,11,13,16-18,26-27H,5-7,10,12H2,1-4H3/t13-,16-,17-,18-,20-,21-,22-,23-/m0/s1. The highest BCUT2D eigenvalue weighted by molar-refractivity contribution is 7.80. The Bertz CT molecular complexity index is 824. The van der Waals surface area contributed by atoms with Gasteiger partial charge in [0.15, 0.2) is 16.5 Å². The SMILES string of the molecule is CCOC(=S)[C@@]1(O)[C@@H](C)C[C@H]2[C@@H]3CCC4=CC(=O)C=C[C@]4(C)[C@@]3(F)[C@@H](O)C[C@@]21C. The number of carbonyl (C=O) groups is 1. The highest BCUT2D eigenvalue weighted by Crippen LogP contribution is 2.70. The Hall–Kier alpha value is -1.11. The monoisotopic (exact) mass is 422 g/mol. The van der Waals surface area contributed by atoms with Gasteiger partial charge in [0.25, 0.3) is 0 Å². The molecule has 0 aromatic rings. The van der Waals surface area contributed by atoms with Gasteiger partial charge < -0.3 is 14.9 Å². The van der Waals surface area contributed by atoms with Crippen molar-refractivity contribution in [1.82, 2.24) is 0 Å². The van der Waals surface area contributed by atoms with Crippen LogP contribution in [0.3, 0.4) is 0 Å². The Morgan fingerprint density at radius 1 is 1.38 bits per heavy atom. The summed E-state index contributed by atoms with van der Waals surface area (Å²) in [6, 6.07) is 0. The first-order valence-corrected chi connectivity index (χ1v) is 11.1. The van der Waals surface area contributed by atoms with Crippen LogP contribution in [0.5, 0.6) is 0 Å². The molecule has 29 heavy (non-hydrogen) atoms. The number of ether oxygens (including phenoxy) is 1. The van der Waals surface area contributed by atoms with E-state index in [4.69, 9.17) is 17.0 Å². The van der Waals surface area contributed by atoms with E-state index in [0.717, 1.165) is 5.57 Å². The van der Waals surface area contributed by atoms with Crippen molar-refractivity contribution >= 4 is 23.1 Å². The first-order valence-electron chi connectivity index (χ1n) is 10.7. The molecule has 0 aromatic carbocycles. The molecule has 0 radical (unpaired) electrons. The van der Waals surface area contributed by atoms with Crippen molar-refractivity contribution in [3.05, 3.63) is 23.8 Å². The Balaban J connectivity index is 1.81. The van der Waals surface area contributed by atoms with Gasteiger partial charge in [-0.25, -0.2) is 4.39 Å². The molecule has 3 saturated carbocycles. The summed E-state index contributed by atoms with van der Waals surface area (Å²) in [4.78, 5) is 11.9. The zero-order valence-electron chi connectivity index (χ0n) is 17.6. The van der Waals surface area contributed by atoms with E-state index in [2.05, 4.69) is 0 Å². The Labute approximate surface area is 177 Å². The van der Waals surface area contributed by atoms with Crippen LogP contribution in [0.2, 0.25) is 0 Å². The summed E-state index contributed by atoms with van der Waals surface area (Å²) in [5, 5.41) is 23.2. The number of fused-ring (bicyclic) bond motifs is 5. The number of rotatable bonds is 2. The lowest BCUT2D eigenvalue weighted by atomic mass is 9.45. The molecule has 2 N–H and O–H groups in total. The van der Waals surface area contributed by atoms with Crippen molar-refractivity contribution in [2.24, 2.45) is 28.6 Å². The number of allylic oxidation sites excluding steroid dienone is 4. The number of halogens is 1. The predicted octanol–water partition coefficient (Wildman–Crippen LogP) is 3.70. The molecule has 3 fully saturated rings. The highest BCUT2D eigenvalue weighted by atomic mass is 32.1. The second-order valence-corrected chi connectivity index (χ2v) is 10.3. The molecular formula is C23H31FO4S. The Morgan fingerprint density at radius 2 is 2.07 bits per heavy atom. The smallest absolute Gasteiger partial charge is 0.192 e. The fourth-order valence-corrected chi connectivity index (χ4v) is 7.77. The molecule has 0 heterocycles. The predicted molar refractivity (Wildman–Crippen MR) is 112 cm³/mol. The normalized spacial score (nSPS) is 51.0. The van der Waals surface area contributed by atoms with Crippen molar-refractivity contribution in [2.75, 3.05) is 6.61 Å². The van der Waals surface area contributed by atoms with Crippen LogP contribution in [-0.4, -0.2) is 45.0 Å². The second-order valence-electron chi connectivity index (χ2n) is 9.89. The number of thiocarbonyl (C=S) groups is 1. The lowest BCUT2D eigenvalue weighted by Gasteiger charge is -2.62. The first kappa shape index (κ1) is 21.1. The van der Waals surface area contributed by atoms with Gasteiger partial charge in [0, 0.05) is 16.7 Å². The number of aliphatic hydroxyl groups excluding tert-OH is 1. The van der Waals surface area contributed by atoms with Crippen LogP contribution in [-0.2, 0) is 9.53 Å². The van der Waals surface area contributed by atoms with Gasteiger partial charge in [-0.3, -0.25) is 4.79 Å². The molecule has 0 aliphatic heterocycles. The molecule has 4 aliphatic carbocycles. The van der Waals surface area contributed by atoms with Gasteiger partial charge in [-0.15, -0.1) is 0 Å². The van der Waals surface area contributed by atoms with Crippen molar-refractivity contribution in [2.45, 2.75) is 70.8 Å². The maximum atomic E-state index is 17.0. The van der Waals surface area contributed by atoms with Crippen molar-refractivity contribution in [3.8, 4) is 0 Å². The third kappa shape index (κ3) is 2.37. The van der Waals surface area contributed by atoms with Crippen LogP contribution < -0.4 is 0 Å². The molecule has 8 atom stereocenters. The highest BCUT2D eigenvalue weighted by Gasteiger charge is 2.75. The molecule has 0 spiro atoms. The molecule has 4 aliphatic rings. The van der Waals surface area contributed by atoms with Gasteiger partial charge in [-0.2, -0.15) is 0 Å². The summed E-state index contributed by atoms with van der Waals surface area (Å²) < 4.78 is 22.6. The van der Waals surface area contributed by atoms with E-state index in [9.17, 15) is 15.0 Å². The molecule has 4 nitrogen and oxygen atoms in total. The van der Waals surface area contributed by atoms with E-state index in [0.29, 0.717) is 25.9 Å². The summed E-state index contributed by atoms with van der Waals surface area (Å²) >= 11 is 5.48. The molecule has 6 heteroatoms. The van der Waals surface area contributed by atoms with Crippen LogP contribution in [0, 0.1) is 28.6 Å². The Morgan fingerprint density at radius 3 is 2.72 bits per heavy atom. The molecular weight excluding hydrogens is 391 g/mol. The van der Waals surface area contributed by atoms with Gasteiger partial charge in [0.1, 0.15) is 5.60 Å². The molecule has 0 saturated heterocycles. The summed E-state index contributed by atoms with van der Waals surface area (Å²) in [5.74, 6) is -0.893. The van der Waals surface area contributed by atoms with E-state index < -0.39 is 34.1 Å². The van der Waals surface area contributed by atoms with E-state index in [1.165, 1.54) is 12.2 Å². The van der Waals surface area contributed by atoms with E-state index in [1.807, 2.05) is 20.8 Å². The van der Waals surface area contributed by atoms with E-state index in [-0.39, 0.29) is 29.1 Å². The Kier molecular flexibility index (Phi) is 4.70. The third-order valence-electron chi connectivity index (χ3n) is 8.81. The molecule has 4 rings (SSSR count). The lowest BCUT2D eigenvalue weighted by molar-refractivity contribution is -0.210. The van der Waals surface area contributed by atoms with Gasteiger partial charge in [-0.1, -0.05) is 25.5 Å². The maximum Gasteiger partial charge on any atom is 0.192 e. The van der Waals surface area contributed by atoms with Crippen molar-refractivity contribution in [3.63, 3.8) is 0 Å². The van der Waals surface area contributed by atoms with Gasteiger partial charge in [0.05, 0.1) is 12.7 Å². The van der Waals surface area contributed by atoms with Crippen LogP contribution in [0.15, 0.2) is 23.8 Å². The van der Waals surface area contributed by atoms with E-state index in [1.54, 1.807) is 13.0 Å². The third-order valence-corrected chi connectivity index (χ3v) is 9.24. The lowest BCUT2D eigenvalue weighted by Crippen LogP contribution is -2.69. The van der Waals surface area contributed by atoms with Gasteiger partial charge >= 0.3 is 0 Å². The molecule has 0 amide bonds. The number of hydrogen-bond acceptors (Lipinski definition) is 5. The number of alkyl halides is 1. The summed E-state index contributed by atoms with van der Waals surface area (Å²) in [6.07, 6.45) is 5.22. The van der Waals surface area contributed by atoms with Crippen LogP contribution in [0.25, 0.3) is 0 Å². The average Bonchev–Trinajstić information content (AvgIpc) is 2.85. The number of ketones is 1. The fraction of sp³-hybridized carbons (Fsp3) is 0.739. The van der Waals surface area contributed by atoms with Crippen molar-refractivity contribution in [1.29, 1.82) is 0 Å². The van der Waals surface area contributed by atoms with E-state index >= 15 is 4.39 Å². The quantitative estimate of drug-likeness (QED) is 0.665.